The molecule has 13 heteroatoms. The Kier molecular flexibility index (Phi) is 7.61. The fraction of sp³-hybridized carbons (Fsp3) is 0.607. The molecule has 220 valence electrons. The van der Waals surface area contributed by atoms with Crippen LogP contribution in [0.2, 0.25) is 0 Å². The van der Waals surface area contributed by atoms with Gasteiger partial charge in [0.2, 0.25) is 17.4 Å². The van der Waals surface area contributed by atoms with Gasteiger partial charge in [0.05, 0.1) is 12.6 Å². The van der Waals surface area contributed by atoms with Gasteiger partial charge in [-0.05, 0) is 30.7 Å². The number of benzene rings is 1. The van der Waals surface area contributed by atoms with Crippen LogP contribution in [0.3, 0.4) is 0 Å². The monoisotopic (exact) mass is 575 g/mol. The molecule has 0 aromatic heterocycles. The largest absolute Gasteiger partial charge is 0.475 e. The van der Waals surface area contributed by atoms with Crippen molar-refractivity contribution in [2.24, 2.45) is 11.8 Å². The van der Waals surface area contributed by atoms with Crippen LogP contribution in [0.15, 0.2) is 24.3 Å². The number of likely N-dealkylation sites (N-methyl/N-ethyl adjacent to an activating group) is 1. The highest BCUT2D eigenvalue weighted by atomic mass is 19.4. The van der Waals surface area contributed by atoms with E-state index in [9.17, 15) is 37.6 Å². The van der Waals surface area contributed by atoms with Crippen LogP contribution >= 0.6 is 0 Å². The molecule has 4 amide bonds. The summed E-state index contributed by atoms with van der Waals surface area (Å²) >= 11 is 0. The zero-order valence-corrected chi connectivity index (χ0v) is 22.6. The first-order valence-corrected chi connectivity index (χ1v) is 13.8. The number of amides is 4. The van der Waals surface area contributed by atoms with Crippen LogP contribution < -0.4 is 15.4 Å². The molecule has 2 N–H and O–H groups in total. The molecular formula is C28H32F3N5O5. The van der Waals surface area contributed by atoms with Crippen LogP contribution in [0.1, 0.15) is 50.5 Å². The Labute approximate surface area is 235 Å². The van der Waals surface area contributed by atoms with Crippen molar-refractivity contribution < 1.29 is 37.1 Å². The lowest BCUT2D eigenvalue weighted by atomic mass is 9.99. The Balaban J connectivity index is 1.39. The number of alkyl halides is 3. The molecule has 41 heavy (non-hydrogen) atoms. The lowest BCUT2D eigenvalue weighted by Crippen LogP contribution is -2.58. The van der Waals surface area contributed by atoms with Gasteiger partial charge in [0, 0.05) is 25.6 Å². The number of fused-ring (bicyclic) bond motifs is 1. The van der Waals surface area contributed by atoms with Crippen molar-refractivity contribution in [1.29, 1.82) is 5.26 Å². The van der Waals surface area contributed by atoms with Gasteiger partial charge in [0.15, 0.2) is 0 Å². The van der Waals surface area contributed by atoms with Crippen LogP contribution in [0.25, 0.3) is 0 Å². The summed E-state index contributed by atoms with van der Waals surface area (Å²) in [6.45, 7) is -0.0146. The van der Waals surface area contributed by atoms with E-state index in [2.05, 4.69) is 11.4 Å². The van der Waals surface area contributed by atoms with E-state index in [-0.39, 0.29) is 44.2 Å². The predicted octanol–water partition coefficient (Wildman–Crippen LogP) is 2.03. The smallest absolute Gasteiger partial charge is 0.471 e. The summed E-state index contributed by atoms with van der Waals surface area (Å²) < 4.78 is 45.3. The van der Waals surface area contributed by atoms with Crippen molar-refractivity contribution in [3.8, 4) is 11.8 Å². The van der Waals surface area contributed by atoms with Gasteiger partial charge < -0.3 is 25.2 Å². The van der Waals surface area contributed by atoms with Crippen LogP contribution in [-0.2, 0) is 25.7 Å². The number of hydrogen-bond donors (Lipinski definition) is 2. The van der Waals surface area contributed by atoms with Crippen LogP contribution in [0.5, 0.6) is 5.75 Å². The van der Waals surface area contributed by atoms with E-state index in [1.165, 1.54) is 11.9 Å². The van der Waals surface area contributed by atoms with Gasteiger partial charge in [-0.1, -0.05) is 43.9 Å². The molecule has 1 saturated heterocycles. The Bertz CT molecular complexity index is 1270. The van der Waals surface area contributed by atoms with Gasteiger partial charge in [-0.15, -0.1) is 0 Å². The molecule has 1 aromatic carbocycles. The molecular weight excluding hydrogens is 543 g/mol. The molecule has 3 fully saturated rings. The summed E-state index contributed by atoms with van der Waals surface area (Å²) in [6.07, 6.45) is -1.82. The number of nitrogens with zero attached hydrogens (tertiary/aromatic N) is 3. The summed E-state index contributed by atoms with van der Waals surface area (Å²) in [5.74, 6) is -3.46. The Morgan fingerprint density at radius 1 is 1.20 bits per heavy atom. The number of ether oxygens (including phenoxy) is 1. The maximum absolute atomic E-state index is 14.1. The molecule has 0 bridgehead atoms. The van der Waals surface area contributed by atoms with Gasteiger partial charge in [0.1, 0.15) is 23.9 Å². The van der Waals surface area contributed by atoms with Gasteiger partial charge in [-0.3, -0.25) is 19.2 Å². The maximum Gasteiger partial charge on any atom is 0.471 e. The van der Waals surface area contributed by atoms with Crippen LogP contribution in [0.4, 0.5) is 13.2 Å². The minimum Gasteiger partial charge on any atom is -0.475 e. The highest BCUT2D eigenvalue weighted by Gasteiger charge is 2.56. The molecule has 4 atom stereocenters. The number of para-hydroxylation sites is 1. The van der Waals surface area contributed by atoms with Crippen molar-refractivity contribution in [3.05, 3.63) is 29.8 Å². The van der Waals surface area contributed by atoms with Gasteiger partial charge >= 0.3 is 12.1 Å². The second-order valence-corrected chi connectivity index (χ2v) is 11.5. The summed E-state index contributed by atoms with van der Waals surface area (Å²) in [5, 5.41) is 14.6. The van der Waals surface area contributed by atoms with Crippen molar-refractivity contribution >= 4 is 23.6 Å². The topological polar surface area (TPSA) is 132 Å². The van der Waals surface area contributed by atoms with Gasteiger partial charge in [0.25, 0.3) is 5.91 Å². The minimum atomic E-state index is -5.16. The van der Waals surface area contributed by atoms with Crippen molar-refractivity contribution in [2.45, 2.75) is 81.4 Å². The van der Waals surface area contributed by atoms with E-state index >= 15 is 0 Å². The fourth-order valence-electron chi connectivity index (χ4n) is 5.63. The zero-order chi connectivity index (χ0) is 29.5. The second kappa shape index (κ2) is 10.9. The number of rotatable bonds is 8. The number of carbonyl (C=O) groups excluding carboxylic acids is 4. The van der Waals surface area contributed by atoms with Crippen molar-refractivity contribution in [3.63, 3.8) is 0 Å². The standard InChI is InChI=1S/C28H32F3N5O5/c1-35(23(37)20(10-16-6-7-16)34-26(40)28(29,30)31)21(11-17-8-9-17)24(38)36-15-27(12-19(36)13-32)25(39)33-14-18-4-2-3-5-22(18)41-27/h2-5,16-17,19-21H,6-12,14-15H2,1H3,(H,33,39)(H,34,40)/t19-,20-,21-,27+/m0/s1. The second-order valence-electron chi connectivity index (χ2n) is 11.5. The average Bonchev–Trinajstić information content (AvgIpc) is 3.87. The molecule has 0 unspecified atom stereocenters. The highest BCUT2D eigenvalue weighted by molar-refractivity contribution is 5.94. The van der Waals surface area contributed by atoms with Crippen molar-refractivity contribution in [2.75, 3.05) is 13.6 Å². The van der Waals surface area contributed by atoms with E-state index in [4.69, 9.17) is 4.74 Å². The molecule has 4 aliphatic rings. The maximum atomic E-state index is 14.1. The number of carbonyl (C=O) groups is 4. The predicted molar refractivity (Wildman–Crippen MR) is 137 cm³/mol. The first-order valence-electron chi connectivity index (χ1n) is 13.8. The van der Waals surface area contributed by atoms with Crippen LogP contribution in [0, 0.1) is 23.2 Å². The third-order valence-corrected chi connectivity index (χ3v) is 8.37. The summed E-state index contributed by atoms with van der Waals surface area (Å²) in [7, 11) is 1.34. The molecule has 2 aliphatic heterocycles. The quantitative estimate of drug-likeness (QED) is 0.488. The van der Waals surface area contributed by atoms with E-state index < -0.39 is 53.5 Å². The number of likely N-dealkylation sites (tertiary alicyclic amines) is 1. The first kappa shape index (κ1) is 28.7. The first-order chi connectivity index (χ1) is 19.4. The van der Waals surface area contributed by atoms with E-state index in [1.54, 1.807) is 24.3 Å². The van der Waals surface area contributed by atoms with Gasteiger partial charge in [-0.2, -0.15) is 18.4 Å². The third-order valence-electron chi connectivity index (χ3n) is 8.37. The minimum absolute atomic E-state index is 0.0126. The number of hydrogen-bond acceptors (Lipinski definition) is 6. The summed E-state index contributed by atoms with van der Waals surface area (Å²) in [4.78, 5) is 54.9. The molecule has 2 heterocycles. The van der Waals surface area contributed by atoms with E-state index in [0.29, 0.717) is 5.75 Å². The molecule has 1 aromatic rings. The van der Waals surface area contributed by atoms with Crippen molar-refractivity contribution in [1.82, 2.24) is 20.4 Å². The van der Waals surface area contributed by atoms with E-state index in [0.717, 1.165) is 36.1 Å². The molecule has 0 radical (unpaired) electrons. The highest BCUT2D eigenvalue weighted by Crippen LogP contribution is 2.39. The Morgan fingerprint density at radius 2 is 1.85 bits per heavy atom. The normalized spacial score (nSPS) is 25.2. The summed E-state index contributed by atoms with van der Waals surface area (Å²) in [5.41, 5.74) is -0.777. The number of nitriles is 1. The van der Waals surface area contributed by atoms with E-state index in [1.807, 2.05) is 5.32 Å². The Morgan fingerprint density at radius 3 is 2.49 bits per heavy atom. The average molecular weight is 576 g/mol. The van der Waals surface area contributed by atoms with Gasteiger partial charge in [-0.25, -0.2) is 0 Å². The molecule has 1 spiro atoms. The molecule has 2 aliphatic carbocycles. The third kappa shape index (κ3) is 6.11. The Hall–Kier alpha value is -3.82. The summed E-state index contributed by atoms with van der Waals surface area (Å²) in [6, 6.07) is 5.58. The lowest BCUT2D eigenvalue weighted by Gasteiger charge is -2.34. The lowest BCUT2D eigenvalue weighted by molar-refractivity contribution is -0.175. The van der Waals surface area contributed by atoms with Crippen LogP contribution in [-0.4, -0.2) is 76.9 Å². The molecule has 5 rings (SSSR count). The SMILES string of the molecule is CN(C(=O)[C@H](CC1CC1)NC(=O)C(F)(F)F)[C@@H](CC1CC1)C(=O)N1C[C@@]2(C[C@H]1C#N)Oc1ccccc1CNC2=O. The molecule has 10 nitrogen and oxygen atoms in total. The number of nitrogens with one attached hydrogen (secondary N) is 2. The molecule has 2 saturated carbocycles. The zero-order valence-electron chi connectivity index (χ0n) is 22.6. The fourth-order valence-corrected chi connectivity index (χ4v) is 5.63. The number of halogens is 3.